The lowest BCUT2D eigenvalue weighted by Gasteiger charge is -2.27. The van der Waals surface area contributed by atoms with Gasteiger partial charge in [-0.25, -0.2) is 8.78 Å². The minimum absolute atomic E-state index is 0.00983. The predicted octanol–water partition coefficient (Wildman–Crippen LogP) is 4.77. The Labute approximate surface area is 182 Å². The van der Waals surface area contributed by atoms with E-state index in [2.05, 4.69) is 0 Å². The molecule has 1 unspecified atom stereocenters. The number of halogens is 2. The minimum atomic E-state index is -1.16. The van der Waals surface area contributed by atoms with Crippen LogP contribution in [0.15, 0.2) is 84.1 Å². The largest absolute Gasteiger partial charge is 0.508 e. The van der Waals surface area contributed by atoms with Crippen LogP contribution in [0.4, 0.5) is 14.5 Å². The van der Waals surface area contributed by atoms with Gasteiger partial charge in [0, 0.05) is 18.2 Å². The Morgan fingerprint density at radius 3 is 2.25 bits per heavy atom. The molecule has 0 spiro atoms. The molecule has 4 rings (SSSR count). The number of hydrogen-bond acceptors (Lipinski definition) is 4. The van der Waals surface area contributed by atoms with Gasteiger partial charge >= 0.3 is 0 Å². The third-order valence-electron chi connectivity index (χ3n) is 5.38. The van der Waals surface area contributed by atoms with Crippen LogP contribution in [0, 0.1) is 11.6 Å². The molecule has 3 aromatic rings. The van der Waals surface area contributed by atoms with Crippen LogP contribution in [-0.2, 0) is 16.0 Å². The Bertz CT molecular complexity index is 1210. The highest BCUT2D eigenvalue weighted by Gasteiger charge is 2.44. The zero-order valence-corrected chi connectivity index (χ0v) is 16.8. The van der Waals surface area contributed by atoms with Crippen molar-refractivity contribution in [3.05, 3.63) is 107 Å². The number of aryl methyl sites for hydroxylation is 1. The van der Waals surface area contributed by atoms with Crippen LogP contribution in [0.2, 0.25) is 0 Å². The molecule has 3 aromatic carbocycles. The topological polar surface area (TPSA) is 77.8 Å². The first-order valence-corrected chi connectivity index (χ1v) is 9.94. The third-order valence-corrected chi connectivity index (χ3v) is 5.38. The number of carbonyl (C=O) groups is 2. The molecule has 1 heterocycles. The summed E-state index contributed by atoms with van der Waals surface area (Å²) < 4.78 is 27.4. The van der Waals surface area contributed by atoms with Gasteiger partial charge in [-0.3, -0.25) is 14.5 Å². The number of Topliss-reactive ketones (excluding diaryl/α,β-unsaturated/α-hetero) is 1. The fourth-order valence-corrected chi connectivity index (χ4v) is 3.80. The van der Waals surface area contributed by atoms with E-state index in [9.17, 15) is 28.6 Å². The Kier molecular flexibility index (Phi) is 5.73. The number of hydrogen-bond donors (Lipinski definition) is 2. The van der Waals surface area contributed by atoms with Crippen molar-refractivity contribution in [3.8, 4) is 5.75 Å². The number of phenolic OH excluding ortho intramolecular Hbond substituents is 1. The number of ketones is 1. The molecular weight excluding hydrogens is 416 g/mol. The summed E-state index contributed by atoms with van der Waals surface area (Å²) in [4.78, 5) is 27.1. The first kappa shape index (κ1) is 21.2. The molecule has 0 bridgehead atoms. The molecule has 1 atom stereocenters. The smallest absolute Gasteiger partial charge is 0.294 e. The van der Waals surface area contributed by atoms with Gasteiger partial charge < -0.3 is 10.2 Å². The number of carbonyl (C=O) groups excluding carboxylic acids is 2. The SMILES string of the molecule is O=C(CCc1ccccc1)C1=C(O)C(=O)N(c2ccc(F)c(F)c2)C1c1ccc(O)cc1. The first-order valence-electron chi connectivity index (χ1n) is 9.94. The van der Waals surface area contributed by atoms with Crippen molar-refractivity contribution in [1.29, 1.82) is 0 Å². The molecule has 1 amide bonds. The van der Waals surface area contributed by atoms with Gasteiger partial charge in [0.1, 0.15) is 5.75 Å². The molecule has 0 saturated carbocycles. The molecule has 162 valence electrons. The normalized spacial score (nSPS) is 16.0. The summed E-state index contributed by atoms with van der Waals surface area (Å²) in [5.41, 5.74) is 1.21. The Morgan fingerprint density at radius 1 is 0.906 bits per heavy atom. The highest BCUT2D eigenvalue weighted by molar-refractivity contribution is 6.16. The molecule has 0 radical (unpaired) electrons. The predicted molar refractivity (Wildman–Crippen MR) is 114 cm³/mol. The van der Waals surface area contributed by atoms with Crippen molar-refractivity contribution < 1.29 is 28.6 Å². The second-order valence-corrected chi connectivity index (χ2v) is 7.44. The Morgan fingerprint density at radius 2 is 1.59 bits per heavy atom. The van der Waals surface area contributed by atoms with Gasteiger partial charge in [0.25, 0.3) is 5.91 Å². The van der Waals surface area contributed by atoms with Crippen LogP contribution >= 0.6 is 0 Å². The van der Waals surface area contributed by atoms with E-state index in [1.165, 1.54) is 30.3 Å². The highest BCUT2D eigenvalue weighted by Crippen LogP contribution is 2.42. The van der Waals surface area contributed by atoms with E-state index in [4.69, 9.17) is 0 Å². The van der Waals surface area contributed by atoms with Crippen molar-refractivity contribution in [2.45, 2.75) is 18.9 Å². The average Bonchev–Trinajstić information content (AvgIpc) is 3.06. The highest BCUT2D eigenvalue weighted by atomic mass is 19.2. The van der Waals surface area contributed by atoms with Gasteiger partial charge in [0.05, 0.1) is 11.6 Å². The summed E-state index contributed by atoms with van der Waals surface area (Å²) in [5, 5.41) is 20.3. The monoisotopic (exact) mass is 435 g/mol. The van der Waals surface area contributed by atoms with E-state index >= 15 is 0 Å². The van der Waals surface area contributed by atoms with E-state index in [-0.39, 0.29) is 23.4 Å². The number of aromatic hydroxyl groups is 1. The van der Waals surface area contributed by atoms with Crippen molar-refractivity contribution in [1.82, 2.24) is 0 Å². The second-order valence-electron chi connectivity index (χ2n) is 7.44. The summed E-state index contributed by atoms with van der Waals surface area (Å²) in [5.74, 6) is -4.34. The zero-order chi connectivity index (χ0) is 22.8. The van der Waals surface area contributed by atoms with Crippen LogP contribution in [0.5, 0.6) is 5.75 Å². The molecule has 0 aromatic heterocycles. The van der Waals surface area contributed by atoms with Crippen LogP contribution in [0.25, 0.3) is 0 Å². The Hall–Kier alpha value is -4.00. The number of rotatable bonds is 6. The summed E-state index contributed by atoms with van der Waals surface area (Å²) in [6, 6.07) is 16.9. The number of anilines is 1. The molecule has 5 nitrogen and oxygen atoms in total. The van der Waals surface area contributed by atoms with Gasteiger partial charge in [0.15, 0.2) is 23.2 Å². The molecule has 7 heteroatoms. The lowest BCUT2D eigenvalue weighted by molar-refractivity contribution is -0.118. The number of nitrogens with zero attached hydrogens (tertiary/aromatic N) is 1. The van der Waals surface area contributed by atoms with Gasteiger partial charge in [-0.15, -0.1) is 0 Å². The third kappa shape index (κ3) is 3.97. The molecule has 32 heavy (non-hydrogen) atoms. The van der Waals surface area contributed by atoms with Gasteiger partial charge in [-0.05, 0) is 41.8 Å². The van der Waals surface area contributed by atoms with Crippen molar-refractivity contribution in [2.24, 2.45) is 0 Å². The number of aliphatic hydroxyl groups excluding tert-OH is 1. The number of benzene rings is 3. The Balaban J connectivity index is 1.74. The minimum Gasteiger partial charge on any atom is -0.508 e. The fraction of sp³-hybridized carbons (Fsp3) is 0.120. The van der Waals surface area contributed by atoms with Crippen molar-refractivity contribution >= 4 is 17.4 Å². The molecule has 0 saturated heterocycles. The quantitative estimate of drug-likeness (QED) is 0.585. The van der Waals surface area contributed by atoms with Crippen LogP contribution in [0.1, 0.15) is 23.6 Å². The summed E-state index contributed by atoms with van der Waals surface area (Å²) in [6.07, 6.45) is 0.439. The zero-order valence-electron chi connectivity index (χ0n) is 16.8. The molecule has 0 aliphatic carbocycles. The van der Waals surface area contributed by atoms with Crippen molar-refractivity contribution in [2.75, 3.05) is 4.90 Å². The standard InChI is InChI=1S/C25H19F2NO4/c26-19-12-9-17(14-20(19)27)28-23(16-7-10-18(29)11-8-16)22(24(31)25(28)32)21(30)13-6-15-4-2-1-3-5-15/h1-5,7-12,14,23,29,31H,6,13H2. The lowest BCUT2D eigenvalue weighted by atomic mass is 9.93. The van der Waals surface area contributed by atoms with Crippen molar-refractivity contribution in [3.63, 3.8) is 0 Å². The number of phenols is 1. The molecular formula is C25H19F2NO4. The molecule has 1 aliphatic rings. The average molecular weight is 435 g/mol. The van der Waals surface area contributed by atoms with E-state index in [0.717, 1.165) is 22.6 Å². The van der Waals surface area contributed by atoms with Gasteiger partial charge in [-0.1, -0.05) is 42.5 Å². The maximum Gasteiger partial charge on any atom is 0.294 e. The van der Waals surface area contributed by atoms with Gasteiger partial charge in [0.2, 0.25) is 0 Å². The fourth-order valence-electron chi connectivity index (χ4n) is 3.80. The van der Waals surface area contributed by atoms with E-state index in [1.807, 2.05) is 30.3 Å². The number of amides is 1. The van der Waals surface area contributed by atoms with E-state index < -0.39 is 35.1 Å². The summed E-state index contributed by atoms with van der Waals surface area (Å²) in [7, 11) is 0. The molecule has 1 aliphatic heterocycles. The molecule has 2 N–H and O–H groups in total. The maximum atomic E-state index is 13.9. The van der Waals surface area contributed by atoms with E-state index in [0.29, 0.717) is 12.0 Å². The second kappa shape index (κ2) is 8.63. The summed E-state index contributed by atoms with van der Waals surface area (Å²) >= 11 is 0. The summed E-state index contributed by atoms with van der Waals surface area (Å²) in [6.45, 7) is 0. The van der Waals surface area contributed by atoms with E-state index in [1.54, 1.807) is 0 Å². The molecule has 0 fully saturated rings. The van der Waals surface area contributed by atoms with Gasteiger partial charge in [-0.2, -0.15) is 0 Å². The van der Waals surface area contributed by atoms with Crippen LogP contribution in [-0.4, -0.2) is 21.9 Å². The lowest BCUT2D eigenvalue weighted by Crippen LogP contribution is -2.31. The maximum absolute atomic E-state index is 13.9. The van der Waals surface area contributed by atoms with Crippen LogP contribution < -0.4 is 4.90 Å². The first-order chi connectivity index (χ1) is 15.4. The van der Waals surface area contributed by atoms with Crippen LogP contribution in [0.3, 0.4) is 0 Å². The number of aliphatic hydroxyl groups is 1.